The predicted molar refractivity (Wildman–Crippen MR) is 358 cm³/mol. The van der Waals surface area contributed by atoms with Gasteiger partial charge in [-0.05, 0) is 57.8 Å². The molecule has 0 aliphatic heterocycles. The van der Waals surface area contributed by atoms with Gasteiger partial charge in [-0.15, -0.1) is 0 Å². The first-order valence-electron chi connectivity index (χ1n) is 37.0. The molecule has 1 unspecified atom stereocenters. The number of allylic oxidation sites excluding steroid dienone is 6. The van der Waals surface area contributed by atoms with Gasteiger partial charge in [0.2, 0.25) is 0 Å². The van der Waals surface area contributed by atoms with Gasteiger partial charge >= 0.3 is 17.9 Å². The summed E-state index contributed by atoms with van der Waals surface area (Å²) in [6, 6.07) is 0. The minimum atomic E-state index is -0.774. The number of esters is 3. The fraction of sp³-hybridized carbons (Fsp3) is 0.882. The standard InChI is InChI=1S/C76H142O6/c1-4-7-10-13-16-19-22-25-27-29-31-33-35-36-37-38-39-41-42-44-46-48-51-54-57-60-63-66-69-75(78)81-72-73(71-80-74(77)68-65-62-59-56-53-50-24-21-18-15-12-9-6-3)82-76(79)70-67-64-61-58-55-52-49-47-45-43-40-34-32-30-28-26-23-20-17-14-11-8-5-2/h23,26,30,32,40,43,73H,4-22,24-25,27-29,31,33-39,41-42,44-72H2,1-3H3/b26-23-,32-30-,43-40-. The summed E-state index contributed by atoms with van der Waals surface area (Å²) >= 11 is 0. The van der Waals surface area contributed by atoms with Gasteiger partial charge in [-0.2, -0.15) is 0 Å². The van der Waals surface area contributed by atoms with Crippen LogP contribution in [-0.2, 0) is 28.6 Å². The second-order valence-corrected chi connectivity index (χ2v) is 25.2. The molecule has 0 aromatic rings. The Balaban J connectivity index is 4.21. The van der Waals surface area contributed by atoms with Crippen molar-refractivity contribution in [3.63, 3.8) is 0 Å². The molecule has 0 aromatic heterocycles. The molecule has 0 aliphatic rings. The molecule has 1 atom stereocenters. The summed E-state index contributed by atoms with van der Waals surface area (Å²) < 4.78 is 17.0. The molecule has 0 heterocycles. The predicted octanol–water partition coefficient (Wildman–Crippen LogP) is 25.5. The molecule has 6 nitrogen and oxygen atoms in total. The van der Waals surface area contributed by atoms with Gasteiger partial charge in [-0.3, -0.25) is 14.4 Å². The Hall–Kier alpha value is -2.37. The minimum Gasteiger partial charge on any atom is -0.462 e. The van der Waals surface area contributed by atoms with Crippen molar-refractivity contribution in [1.29, 1.82) is 0 Å². The van der Waals surface area contributed by atoms with Crippen molar-refractivity contribution in [2.45, 2.75) is 419 Å². The lowest BCUT2D eigenvalue weighted by atomic mass is 10.0. The number of rotatable bonds is 69. The van der Waals surface area contributed by atoms with E-state index in [2.05, 4.69) is 57.2 Å². The van der Waals surface area contributed by atoms with E-state index in [1.54, 1.807) is 0 Å². The van der Waals surface area contributed by atoms with E-state index in [-0.39, 0.29) is 31.1 Å². The van der Waals surface area contributed by atoms with Crippen LogP contribution in [0.3, 0.4) is 0 Å². The summed E-state index contributed by atoms with van der Waals surface area (Å²) in [5.74, 6) is -0.845. The van der Waals surface area contributed by atoms with E-state index in [0.29, 0.717) is 19.3 Å². The molecule has 0 aromatic carbocycles. The zero-order valence-corrected chi connectivity index (χ0v) is 55.5. The van der Waals surface area contributed by atoms with Gasteiger partial charge in [0.15, 0.2) is 6.10 Å². The van der Waals surface area contributed by atoms with Crippen LogP contribution in [0.4, 0.5) is 0 Å². The van der Waals surface area contributed by atoms with E-state index in [9.17, 15) is 14.4 Å². The SMILES string of the molecule is CCCCCCC/C=C\C/C=C\C/C=C\CCCCCCCCCCC(=O)OC(COC(=O)CCCCCCCCCCCCCCC)COC(=O)CCCCCCCCCCCCCCCCCCCCCCCCCCCCCC. The lowest BCUT2D eigenvalue weighted by Crippen LogP contribution is -2.30. The second-order valence-electron chi connectivity index (χ2n) is 25.2. The minimum absolute atomic E-state index is 0.0693. The highest BCUT2D eigenvalue weighted by Crippen LogP contribution is 2.19. The van der Waals surface area contributed by atoms with Crippen LogP contribution in [0.1, 0.15) is 412 Å². The third-order valence-corrected chi connectivity index (χ3v) is 16.9. The van der Waals surface area contributed by atoms with Crippen molar-refractivity contribution in [2.75, 3.05) is 13.2 Å². The van der Waals surface area contributed by atoms with Crippen molar-refractivity contribution >= 4 is 17.9 Å². The van der Waals surface area contributed by atoms with Crippen LogP contribution in [0.5, 0.6) is 0 Å². The fourth-order valence-electron chi connectivity index (χ4n) is 11.3. The fourth-order valence-corrected chi connectivity index (χ4v) is 11.3. The van der Waals surface area contributed by atoms with Crippen LogP contribution >= 0.6 is 0 Å². The van der Waals surface area contributed by atoms with Gasteiger partial charge in [0, 0.05) is 19.3 Å². The third-order valence-electron chi connectivity index (χ3n) is 16.9. The third kappa shape index (κ3) is 68.4. The summed E-state index contributed by atoms with van der Waals surface area (Å²) in [5.41, 5.74) is 0. The molecule has 0 aliphatic carbocycles. The van der Waals surface area contributed by atoms with Crippen LogP contribution in [-0.4, -0.2) is 37.2 Å². The number of carbonyl (C=O) groups is 3. The average molecular weight is 1150 g/mol. The van der Waals surface area contributed by atoms with Gasteiger partial charge in [0.05, 0.1) is 0 Å². The van der Waals surface area contributed by atoms with Crippen LogP contribution in [0.2, 0.25) is 0 Å². The Bertz CT molecular complexity index is 1370. The van der Waals surface area contributed by atoms with Gasteiger partial charge in [-0.25, -0.2) is 0 Å². The van der Waals surface area contributed by atoms with E-state index >= 15 is 0 Å². The zero-order chi connectivity index (χ0) is 59.2. The maximum atomic E-state index is 13.0. The monoisotopic (exact) mass is 1150 g/mol. The van der Waals surface area contributed by atoms with Gasteiger partial charge in [0.1, 0.15) is 13.2 Å². The molecule has 0 N–H and O–H groups in total. The van der Waals surface area contributed by atoms with Crippen LogP contribution in [0.25, 0.3) is 0 Å². The van der Waals surface area contributed by atoms with Gasteiger partial charge in [0.25, 0.3) is 0 Å². The topological polar surface area (TPSA) is 78.9 Å². The number of hydrogen-bond donors (Lipinski definition) is 0. The highest BCUT2D eigenvalue weighted by molar-refractivity contribution is 5.71. The van der Waals surface area contributed by atoms with E-state index < -0.39 is 6.10 Å². The number of unbranched alkanes of at least 4 members (excludes halogenated alkanes) is 52. The summed E-state index contributed by atoms with van der Waals surface area (Å²) in [5, 5.41) is 0. The normalized spacial score (nSPS) is 12.2. The molecule has 0 rings (SSSR count). The number of ether oxygens (including phenoxy) is 3. The Morgan fingerprint density at radius 3 is 0.683 bits per heavy atom. The maximum Gasteiger partial charge on any atom is 0.306 e. The summed E-state index contributed by atoms with van der Waals surface area (Å²) in [6.45, 7) is 6.70. The van der Waals surface area contributed by atoms with Crippen molar-refractivity contribution in [3.8, 4) is 0 Å². The highest BCUT2D eigenvalue weighted by atomic mass is 16.6. The van der Waals surface area contributed by atoms with E-state index in [1.165, 1.54) is 295 Å². The second kappa shape index (κ2) is 71.1. The highest BCUT2D eigenvalue weighted by Gasteiger charge is 2.20. The molecule has 82 heavy (non-hydrogen) atoms. The van der Waals surface area contributed by atoms with Crippen LogP contribution < -0.4 is 0 Å². The van der Waals surface area contributed by atoms with Crippen molar-refractivity contribution in [2.24, 2.45) is 0 Å². The van der Waals surface area contributed by atoms with Crippen LogP contribution in [0.15, 0.2) is 36.5 Å². The van der Waals surface area contributed by atoms with Crippen molar-refractivity contribution in [3.05, 3.63) is 36.5 Å². The molecular formula is C76H142O6. The average Bonchev–Trinajstić information content (AvgIpc) is 3.47. The lowest BCUT2D eigenvalue weighted by molar-refractivity contribution is -0.167. The van der Waals surface area contributed by atoms with E-state index in [4.69, 9.17) is 14.2 Å². The first-order valence-corrected chi connectivity index (χ1v) is 37.0. The smallest absolute Gasteiger partial charge is 0.306 e. The van der Waals surface area contributed by atoms with Crippen molar-refractivity contribution in [1.82, 2.24) is 0 Å². The summed E-state index contributed by atoms with van der Waals surface area (Å²) in [7, 11) is 0. The zero-order valence-electron chi connectivity index (χ0n) is 55.5. The van der Waals surface area contributed by atoms with E-state index in [1.807, 2.05) is 0 Å². The lowest BCUT2D eigenvalue weighted by Gasteiger charge is -2.18. The van der Waals surface area contributed by atoms with Gasteiger partial charge < -0.3 is 14.2 Å². The molecule has 0 bridgehead atoms. The molecule has 0 amide bonds. The molecule has 0 fully saturated rings. The van der Waals surface area contributed by atoms with Crippen LogP contribution in [0, 0.1) is 0 Å². The van der Waals surface area contributed by atoms with Crippen molar-refractivity contribution < 1.29 is 28.6 Å². The summed E-state index contributed by atoms with van der Waals surface area (Å²) in [6.07, 6.45) is 89.0. The van der Waals surface area contributed by atoms with Gasteiger partial charge in [-0.1, -0.05) is 372 Å². The largest absolute Gasteiger partial charge is 0.462 e. The maximum absolute atomic E-state index is 13.0. The Morgan fingerprint density at radius 1 is 0.244 bits per heavy atom. The first kappa shape index (κ1) is 79.6. The Morgan fingerprint density at radius 2 is 0.439 bits per heavy atom. The first-order chi connectivity index (χ1) is 40.5. The number of hydrogen-bond acceptors (Lipinski definition) is 6. The Labute approximate surface area is 512 Å². The van der Waals surface area contributed by atoms with E-state index in [0.717, 1.165) is 77.0 Å². The quantitative estimate of drug-likeness (QED) is 0.0261. The molecule has 0 spiro atoms. The Kier molecular flexibility index (Phi) is 69.1. The summed E-state index contributed by atoms with van der Waals surface area (Å²) in [4.78, 5) is 38.5. The molecule has 0 saturated heterocycles. The number of carbonyl (C=O) groups excluding carboxylic acids is 3. The molecule has 482 valence electrons. The molecule has 6 heteroatoms. The molecule has 0 radical (unpaired) electrons. The molecular weight excluding hydrogens is 1010 g/mol. The molecule has 0 saturated carbocycles.